The van der Waals surface area contributed by atoms with Crippen LogP contribution in [0.5, 0.6) is 0 Å². The fraction of sp³-hybridized carbons (Fsp3) is 0.348. The van der Waals surface area contributed by atoms with Crippen LogP contribution in [0.3, 0.4) is 0 Å². The first-order chi connectivity index (χ1) is 17.5. The lowest BCUT2D eigenvalue weighted by Gasteiger charge is -2.20. The summed E-state index contributed by atoms with van der Waals surface area (Å²) in [5, 5.41) is 5.68. The lowest BCUT2D eigenvalue weighted by atomic mass is 10.2. The highest BCUT2D eigenvalue weighted by Crippen LogP contribution is 2.35. The molecular formula is C23H26F3N7O2S2. The van der Waals surface area contributed by atoms with E-state index in [1.807, 2.05) is 30.6 Å². The summed E-state index contributed by atoms with van der Waals surface area (Å²) in [4.78, 5) is 12.4. The third kappa shape index (κ3) is 6.18. The Bertz CT molecular complexity index is 1370. The first kappa shape index (κ1) is 26.8. The van der Waals surface area contributed by atoms with Crippen molar-refractivity contribution >= 4 is 50.9 Å². The number of hydrogen-bond donors (Lipinski definition) is 2. The van der Waals surface area contributed by atoms with E-state index in [2.05, 4.69) is 25.6 Å². The summed E-state index contributed by atoms with van der Waals surface area (Å²) in [7, 11) is -1.49. The predicted octanol–water partition coefficient (Wildman–Crippen LogP) is 4.81. The van der Waals surface area contributed by atoms with Crippen LogP contribution in [0, 0.1) is 6.92 Å². The number of aromatic nitrogens is 3. The SMILES string of the molecule is CSN(C)c1nc(C)ccc1CNc1nc(Nc2ccc(N3CCCS3(=O)=O)cc2)ncc1C(F)(F)F. The van der Waals surface area contributed by atoms with Crippen LogP contribution >= 0.6 is 11.9 Å². The van der Waals surface area contributed by atoms with E-state index in [1.165, 1.54) is 16.3 Å². The van der Waals surface area contributed by atoms with Crippen LogP contribution in [0.25, 0.3) is 0 Å². The van der Waals surface area contributed by atoms with Crippen LogP contribution in [0.15, 0.2) is 42.6 Å². The van der Waals surface area contributed by atoms with Crippen molar-refractivity contribution < 1.29 is 21.6 Å². The lowest BCUT2D eigenvalue weighted by molar-refractivity contribution is -0.137. The van der Waals surface area contributed by atoms with Gasteiger partial charge in [-0.2, -0.15) is 18.2 Å². The zero-order valence-electron chi connectivity index (χ0n) is 20.4. The molecular weight excluding hydrogens is 527 g/mol. The van der Waals surface area contributed by atoms with Crippen LogP contribution in [0.2, 0.25) is 0 Å². The summed E-state index contributed by atoms with van der Waals surface area (Å²) >= 11 is 1.43. The maximum atomic E-state index is 13.7. The second-order valence-electron chi connectivity index (χ2n) is 8.34. The van der Waals surface area contributed by atoms with E-state index in [4.69, 9.17) is 0 Å². The van der Waals surface area contributed by atoms with Gasteiger partial charge in [0, 0.05) is 49.5 Å². The summed E-state index contributed by atoms with van der Waals surface area (Å²) in [6.45, 7) is 2.32. The average Bonchev–Trinajstić information content (AvgIpc) is 3.21. The van der Waals surface area contributed by atoms with Gasteiger partial charge in [0.25, 0.3) is 0 Å². The number of halogens is 3. The van der Waals surface area contributed by atoms with E-state index in [1.54, 1.807) is 30.3 Å². The smallest absolute Gasteiger partial charge is 0.365 e. The lowest BCUT2D eigenvalue weighted by Crippen LogP contribution is -2.24. The molecule has 0 atom stereocenters. The Morgan fingerprint density at radius 1 is 1.14 bits per heavy atom. The van der Waals surface area contributed by atoms with Crippen molar-refractivity contribution in [3.05, 3.63) is 59.4 Å². The molecule has 3 aromatic rings. The monoisotopic (exact) mass is 553 g/mol. The van der Waals surface area contributed by atoms with E-state index in [0.717, 1.165) is 11.9 Å². The minimum atomic E-state index is -4.66. The standard InChI is InChI=1S/C23H26F3N7O2S2/c1-15-5-6-16(21(29-15)32(2)36-3)13-27-20-19(23(24,25)26)14-28-22(31-20)30-17-7-9-18(10-8-17)33-11-4-12-37(33,34)35/h5-10,14H,4,11-13H2,1-3H3,(H2,27,28,30,31). The average molecular weight is 554 g/mol. The molecule has 1 fully saturated rings. The fourth-order valence-corrected chi connectivity index (χ4v) is 5.70. The molecule has 0 bridgehead atoms. The van der Waals surface area contributed by atoms with Gasteiger partial charge in [-0.25, -0.2) is 18.4 Å². The van der Waals surface area contributed by atoms with Crippen molar-refractivity contribution in [2.24, 2.45) is 0 Å². The molecule has 4 rings (SSSR count). The number of benzene rings is 1. The molecule has 2 N–H and O–H groups in total. The van der Waals surface area contributed by atoms with Gasteiger partial charge in [-0.3, -0.25) is 4.31 Å². The molecule has 9 nitrogen and oxygen atoms in total. The first-order valence-corrected chi connectivity index (χ1v) is 14.1. The molecule has 37 heavy (non-hydrogen) atoms. The first-order valence-electron chi connectivity index (χ1n) is 11.3. The van der Waals surface area contributed by atoms with Gasteiger partial charge in [0.1, 0.15) is 17.2 Å². The van der Waals surface area contributed by atoms with Crippen molar-refractivity contribution in [1.29, 1.82) is 0 Å². The highest BCUT2D eigenvalue weighted by molar-refractivity contribution is 7.99. The zero-order valence-corrected chi connectivity index (χ0v) is 22.0. The molecule has 198 valence electrons. The van der Waals surface area contributed by atoms with E-state index in [-0.39, 0.29) is 24.1 Å². The van der Waals surface area contributed by atoms with Crippen molar-refractivity contribution in [1.82, 2.24) is 15.0 Å². The highest BCUT2D eigenvalue weighted by Gasteiger charge is 2.35. The summed E-state index contributed by atoms with van der Waals surface area (Å²) < 4.78 is 68.5. The Labute approximate surface area is 217 Å². The van der Waals surface area contributed by atoms with Crippen LogP contribution in [0.1, 0.15) is 23.2 Å². The number of nitrogens with one attached hydrogen (secondary N) is 2. The Kier molecular flexibility index (Phi) is 7.69. The maximum absolute atomic E-state index is 13.7. The Morgan fingerprint density at radius 3 is 2.49 bits per heavy atom. The molecule has 3 heterocycles. The highest BCUT2D eigenvalue weighted by atomic mass is 32.2. The molecule has 0 spiro atoms. The second kappa shape index (κ2) is 10.6. The topological polar surface area (TPSA) is 103 Å². The van der Waals surface area contributed by atoms with Crippen LogP contribution in [-0.4, -0.2) is 49.0 Å². The van der Waals surface area contributed by atoms with Gasteiger partial charge in [0.15, 0.2) is 0 Å². The molecule has 2 aromatic heterocycles. The molecule has 14 heteroatoms. The normalized spacial score (nSPS) is 15.0. The predicted molar refractivity (Wildman–Crippen MR) is 141 cm³/mol. The van der Waals surface area contributed by atoms with Gasteiger partial charge in [-0.15, -0.1) is 0 Å². The maximum Gasteiger partial charge on any atom is 0.421 e. The number of alkyl halides is 3. The molecule has 0 amide bonds. The van der Waals surface area contributed by atoms with Gasteiger partial charge in [0.05, 0.1) is 11.4 Å². The van der Waals surface area contributed by atoms with Gasteiger partial charge in [-0.05, 0) is 43.7 Å². The van der Waals surface area contributed by atoms with Crippen molar-refractivity contribution in [3.8, 4) is 0 Å². The molecule has 1 saturated heterocycles. The molecule has 1 aliphatic heterocycles. The van der Waals surface area contributed by atoms with Crippen molar-refractivity contribution in [2.45, 2.75) is 26.1 Å². The third-order valence-corrected chi connectivity index (χ3v) is 8.31. The quantitative estimate of drug-likeness (QED) is 0.381. The van der Waals surface area contributed by atoms with E-state index < -0.39 is 21.8 Å². The number of anilines is 5. The Balaban J connectivity index is 1.56. The van der Waals surface area contributed by atoms with E-state index in [0.29, 0.717) is 35.7 Å². The van der Waals surface area contributed by atoms with Crippen molar-refractivity contribution in [2.75, 3.05) is 44.8 Å². The summed E-state index contributed by atoms with van der Waals surface area (Å²) in [6, 6.07) is 10.1. The minimum Gasteiger partial charge on any atom is -0.365 e. The number of nitrogens with zero attached hydrogens (tertiary/aromatic N) is 5. The number of hydrogen-bond acceptors (Lipinski definition) is 9. The number of sulfonamides is 1. The number of rotatable bonds is 8. The molecule has 0 saturated carbocycles. The molecule has 1 aromatic carbocycles. The third-order valence-electron chi connectivity index (χ3n) is 5.72. The van der Waals surface area contributed by atoms with Crippen LogP contribution < -0.4 is 19.2 Å². The summed E-state index contributed by atoms with van der Waals surface area (Å²) in [5.41, 5.74) is 1.52. The number of pyridine rings is 1. The van der Waals surface area contributed by atoms with Gasteiger partial charge >= 0.3 is 6.18 Å². The van der Waals surface area contributed by atoms with E-state index >= 15 is 0 Å². The summed E-state index contributed by atoms with van der Waals surface area (Å²) in [5.74, 6) is 0.334. The molecule has 0 unspecified atom stereocenters. The van der Waals surface area contributed by atoms with Gasteiger partial charge in [-0.1, -0.05) is 18.0 Å². The number of aryl methyl sites for hydroxylation is 1. The van der Waals surface area contributed by atoms with Gasteiger partial charge < -0.3 is 14.9 Å². The Hall–Kier alpha value is -3.26. The zero-order chi connectivity index (χ0) is 26.8. The van der Waals surface area contributed by atoms with Crippen LogP contribution in [-0.2, 0) is 22.7 Å². The summed E-state index contributed by atoms with van der Waals surface area (Å²) in [6.07, 6.45) is -1.49. The second-order valence-corrected chi connectivity index (χ2v) is 11.3. The Morgan fingerprint density at radius 2 is 1.86 bits per heavy atom. The fourth-order valence-electron chi connectivity index (χ4n) is 3.80. The molecule has 0 radical (unpaired) electrons. The van der Waals surface area contributed by atoms with Crippen molar-refractivity contribution in [3.63, 3.8) is 0 Å². The van der Waals surface area contributed by atoms with E-state index in [9.17, 15) is 21.6 Å². The van der Waals surface area contributed by atoms with Crippen LogP contribution in [0.4, 0.5) is 42.1 Å². The molecule has 0 aliphatic carbocycles. The van der Waals surface area contributed by atoms with Gasteiger partial charge in [0.2, 0.25) is 16.0 Å². The molecule has 1 aliphatic rings. The largest absolute Gasteiger partial charge is 0.421 e. The minimum absolute atomic E-state index is 0.0412.